The van der Waals surface area contributed by atoms with E-state index in [4.69, 9.17) is 16.3 Å². The van der Waals surface area contributed by atoms with Gasteiger partial charge in [0.1, 0.15) is 17.0 Å². The van der Waals surface area contributed by atoms with Gasteiger partial charge in [-0.1, -0.05) is 37.3 Å². The molecule has 0 fully saturated rings. The third-order valence-electron chi connectivity index (χ3n) is 3.98. The molecule has 1 N–H and O–H groups in total. The van der Waals surface area contributed by atoms with Crippen LogP contribution in [0.15, 0.2) is 30.3 Å². The number of benzene rings is 1. The average molecular weight is 437 g/mol. The Labute approximate surface area is 169 Å². The van der Waals surface area contributed by atoms with E-state index in [9.17, 15) is 26.7 Å². The molecule has 0 aliphatic heterocycles. The maximum Gasteiger partial charge on any atom is 0.433 e. The summed E-state index contributed by atoms with van der Waals surface area (Å²) in [6.07, 6.45) is -5.25. The summed E-state index contributed by atoms with van der Waals surface area (Å²) >= 11 is 5.02. The molecule has 1 heterocycles. The van der Waals surface area contributed by atoms with Crippen LogP contribution in [0.5, 0.6) is 0 Å². The number of aromatic nitrogens is 1. The van der Waals surface area contributed by atoms with Crippen LogP contribution in [0.3, 0.4) is 0 Å². The molecule has 10 heteroatoms. The lowest BCUT2D eigenvalue weighted by atomic mass is 10.00. The molecule has 1 aromatic heterocycles. The number of carbonyl (C=O) groups is 1. The summed E-state index contributed by atoms with van der Waals surface area (Å²) < 4.78 is 73.3. The first kappa shape index (κ1) is 22.9. The Kier molecular flexibility index (Phi) is 7.05. The van der Waals surface area contributed by atoms with Crippen LogP contribution in [-0.4, -0.2) is 17.6 Å². The highest BCUT2D eigenvalue weighted by molar-refractivity contribution is 6.22. The second-order valence-electron chi connectivity index (χ2n) is 5.95. The van der Waals surface area contributed by atoms with E-state index in [1.807, 2.05) is 0 Å². The Balaban J connectivity index is 2.77. The Hall–Kier alpha value is -2.42. The van der Waals surface area contributed by atoms with Gasteiger partial charge in [-0.05, 0) is 30.5 Å². The van der Waals surface area contributed by atoms with Crippen molar-refractivity contribution in [1.82, 2.24) is 4.98 Å². The molecule has 1 aromatic carbocycles. The molecular formula is C19H18ClF5N2O2. The predicted octanol–water partition coefficient (Wildman–Crippen LogP) is 5.74. The van der Waals surface area contributed by atoms with Crippen molar-refractivity contribution >= 4 is 23.3 Å². The van der Waals surface area contributed by atoms with Gasteiger partial charge in [0.15, 0.2) is 0 Å². The number of nitrogens with zero attached hydrogens (tertiary/aromatic N) is 1. The zero-order valence-corrected chi connectivity index (χ0v) is 16.3. The number of carbonyl (C=O) groups excluding carboxylic acids is 1. The highest BCUT2D eigenvalue weighted by Gasteiger charge is 2.44. The molecule has 0 saturated carbocycles. The predicted molar refractivity (Wildman–Crippen MR) is 98.1 cm³/mol. The van der Waals surface area contributed by atoms with Gasteiger partial charge in [-0.15, -0.1) is 0 Å². The largest absolute Gasteiger partial charge is 0.462 e. The van der Waals surface area contributed by atoms with Crippen molar-refractivity contribution < 1.29 is 31.5 Å². The number of anilines is 1. The molecule has 0 amide bonds. The number of rotatable bonds is 7. The standard InChI is InChI=1S/C19H18ClF5N2O2/c1-3-12-14(26-10-11-8-6-5-7-9-11)13(17(28)29-4-2)16(18(20,21)22)27-15(12)19(23,24)25/h5-9H,3-4,10H2,1-2H3,(H,26,27). The molecule has 2 rings (SSSR count). The van der Waals surface area contributed by atoms with Gasteiger partial charge in [0, 0.05) is 12.1 Å². The number of hydrogen-bond donors (Lipinski definition) is 1. The first-order valence-corrected chi connectivity index (χ1v) is 9.04. The van der Waals surface area contributed by atoms with E-state index in [0.29, 0.717) is 5.56 Å². The molecule has 0 unspecified atom stereocenters. The molecular weight excluding hydrogens is 419 g/mol. The molecule has 0 radical (unpaired) electrons. The van der Waals surface area contributed by atoms with Crippen molar-refractivity contribution in [2.75, 3.05) is 11.9 Å². The Morgan fingerprint density at radius 2 is 1.72 bits per heavy atom. The Morgan fingerprint density at radius 1 is 1.10 bits per heavy atom. The van der Waals surface area contributed by atoms with Crippen LogP contribution in [0.1, 0.15) is 46.7 Å². The van der Waals surface area contributed by atoms with E-state index in [1.165, 1.54) is 13.8 Å². The van der Waals surface area contributed by atoms with Gasteiger partial charge in [0.2, 0.25) is 0 Å². The summed E-state index contributed by atoms with van der Waals surface area (Å²) in [5.41, 5.74) is -4.04. The fourth-order valence-corrected chi connectivity index (χ4v) is 2.93. The third-order valence-corrected chi connectivity index (χ3v) is 4.16. The molecule has 2 aromatic rings. The number of nitrogens with one attached hydrogen (secondary N) is 1. The SMILES string of the molecule is CCOC(=O)c1c(C(F)(F)Cl)nc(C(F)(F)F)c(CC)c1NCc1ccccc1. The third kappa shape index (κ3) is 5.35. The molecule has 0 saturated heterocycles. The first-order chi connectivity index (χ1) is 13.5. The average Bonchev–Trinajstić information content (AvgIpc) is 2.64. The van der Waals surface area contributed by atoms with E-state index in [1.54, 1.807) is 30.3 Å². The quantitative estimate of drug-likeness (QED) is 0.341. The number of alkyl halides is 6. The number of ether oxygens (including phenoxy) is 1. The molecule has 0 aliphatic carbocycles. The fourth-order valence-electron chi connectivity index (χ4n) is 2.79. The molecule has 0 aliphatic rings. The van der Waals surface area contributed by atoms with Crippen LogP contribution in [0.25, 0.3) is 0 Å². The first-order valence-electron chi connectivity index (χ1n) is 8.66. The van der Waals surface area contributed by atoms with Crippen LogP contribution in [-0.2, 0) is 29.3 Å². The molecule has 4 nitrogen and oxygen atoms in total. The van der Waals surface area contributed by atoms with E-state index in [2.05, 4.69) is 10.3 Å². The van der Waals surface area contributed by atoms with Crippen molar-refractivity contribution in [2.24, 2.45) is 0 Å². The second-order valence-corrected chi connectivity index (χ2v) is 6.42. The summed E-state index contributed by atoms with van der Waals surface area (Å²) in [6, 6.07) is 8.52. The van der Waals surface area contributed by atoms with Crippen LogP contribution >= 0.6 is 11.6 Å². The summed E-state index contributed by atoms with van der Waals surface area (Å²) in [7, 11) is 0. The van der Waals surface area contributed by atoms with Gasteiger partial charge < -0.3 is 10.1 Å². The van der Waals surface area contributed by atoms with Gasteiger partial charge in [0.25, 0.3) is 0 Å². The molecule has 158 valence electrons. The molecule has 0 spiro atoms. The van der Waals surface area contributed by atoms with Crippen molar-refractivity contribution in [3.8, 4) is 0 Å². The zero-order chi connectivity index (χ0) is 21.8. The highest BCUT2D eigenvalue weighted by atomic mass is 35.5. The highest BCUT2D eigenvalue weighted by Crippen LogP contribution is 2.43. The number of hydrogen-bond acceptors (Lipinski definition) is 4. The van der Waals surface area contributed by atoms with Gasteiger partial charge in [-0.3, -0.25) is 0 Å². The molecule has 0 atom stereocenters. The van der Waals surface area contributed by atoms with Crippen molar-refractivity contribution in [1.29, 1.82) is 0 Å². The van der Waals surface area contributed by atoms with E-state index >= 15 is 0 Å². The van der Waals surface area contributed by atoms with Gasteiger partial charge in [0.05, 0.1) is 12.3 Å². The van der Waals surface area contributed by atoms with Crippen molar-refractivity contribution in [3.63, 3.8) is 0 Å². The van der Waals surface area contributed by atoms with E-state index in [0.717, 1.165) is 0 Å². The topological polar surface area (TPSA) is 51.2 Å². The Morgan fingerprint density at radius 3 is 2.21 bits per heavy atom. The number of esters is 1. The van der Waals surface area contributed by atoms with E-state index in [-0.39, 0.29) is 19.6 Å². The van der Waals surface area contributed by atoms with Gasteiger partial charge in [-0.25, -0.2) is 9.78 Å². The lowest BCUT2D eigenvalue weighted by Crippen LogP contribution is -2.25. The summed E-state index contributed by atoms with van der Waals surface area (Å²) in [6.45, 7) is 2.64. The van der Waals surface area contributed by atoms with Crippen LogP contribution in [0.2, 0.25) is 0 Å². The second kappa shape index (κ2) is 8.94. The molecule has 0 bridgehead atoms. The minimum atomic E-state index is -5.03. The van der Waals surface area contributed by atoms with Crippen LogP contribution in [0, 0.1) is 0 Å². The lowest BCUT2D eigenvalue weighted by molar-refractivity contribution is -0.142. The zero-order valence-electron chi connectivity index (χ0n) is 15.5. The maximum absolute atomic E-state index is 14.0. The number of pyridine rings is 1. The monoisotopic (exact) mass is 436 g/mol. The minimum absolute atomic E-state index is 0.0190. The van der Waals surface area contributed by atoms with Crippen molar-refractivity contribution in [2.45, 2.75) is 38.4 Å². The van der Waals surface area contributed by atoms with Gasteiger partial charge in [-0.2, -0.15) is 22.0 Å². The maximum atomic E-state index is 14.0. The van der Waals surface area contributed by atoms with Crippen LogP contribution < -0.4 is 5.32 Å². The normalized spacial score (nSPS) is 12.0. The summed E-state index contributed by atoms with van der Waals surface area (Å²) in [4.78, 5) is 15.5. The Bertz CT molecular complexity index is 868. The summed E-state index contributed by atoms with van der Waals surface area (Å²) in [5.74, 6) is -1.24. The summed E-state index contributed by atoms with van der Waals surface area (Å²) in [5, 5.41) is -1.64. The lowest BCUT2D eigenvalue weighted by Gasteiger charge is -2.23. The number of halogens is 6. The molecule has 29 heavy (non-hydrogen) atoms. The fraction of sp³-hybridized carbons (Fsp3) is 0.368. The van der Waals surface area contributed by atoms with E-state index < -0.39 is 45.7 Å². The van der Waals surface area contributed by atoms with Gasteiger partial charge >= 0.3 is 17.5 Å². The van der Waals surface area contributed by atoms with Crippen molar-refractivity contribution in [3.05, 3.63) is 58.4 Å². The smallest absolute Gasteiger partial charge is 0.433 e. The van der Waals surface area contributed by atoms with Crippen LogP contribution in [0.4, 0.5) is 27.6 Å². The minimum Gasteiger partial charge on any atom is -0.462 e.